The van der Waals surface area contributed by atoms with Crippen LogP contribution in [0.1, 0.15) is 65.4 Å². The lowest BCUT2D eigenvalue weighted by Gasteiger charge is -2.44. The molecule has 186 valence electrons. The van der Waals surface area contributed by atoms with Gasteiger partial charge in [-0.25, -0.2) is 4.39 Å². The minimum Gasteiger partial charge on any atom is -0.364 e. The van der Waals surface area contributed by atoms with Gasteiger partial charge in [-0.15, -0.1) is 0 Å². The second-order valence-electron chi connectivity index (χ2n) is 9.94. The lowest BCUT2D eigenvalue weighted by molar-refractivity contribution is -0.153. The maximum absolute atomic E-state index is 14.9. The lowest BCUT2D eigenvalue weighted by Crippen LogP contribution is -2.51. The molecule has 1 aromatic carbocycles. The number of rotatable bonds is 7. The zero-order chi connectivity index (χ0) is 25.3. The summed E-state index contributed by atoms with van der Waals surface area (Å²) >= 11 is 0. The van der Waals surface area contributed by atoms with Crippen molar-refractivity contribution in [3.05, 3.63) is 41.4 Å². The van der Waals surface area contributed by atoms with Gasteiger partial charge >= 0.3 is 6.18 Å². The Bertz CT molecular complexity index is 1010. The number of anilines is 1. The number of aliphatic imine (C=N–C) groups is 1. The largest absolute Gasteiger partial charge is 0.396 e. The number of nitrogens with one attached hydrogen (secondary N) is 3. The predicted octanol–water partition coefficient (Wildman–Crippen LogP) is 6.32. The monoisotopic (exact) mass is 480 g/mol. The fourth-order valence-electron chi connectivity index (χ4n) is 4.23. The average Bonchev–Trinajstić information content (AvgIpc) is 2.72. The molecule has 0 bridgehead atoms. The van der Waals surface area contributed by atoms with E-state index in [1.807, 2.05) is 27.7 Å². The summed E-state index contributed by atoms with van der Waals surface area (Å²) in [6, 6.07) is 4.13. The normalized spacial score (nSPS) is 20.7. The van der Waals surface area contributed by atoms with Crippen LogP contribution in [-0.2, 0) is 10.3 Å². The molecule has 3 rings (SSSR count). The van der Waals surface area contributed by atoms with E-state index in [-0.39, 0.29) is 17.5 Å². The summed E-state index contributed by atoms with van der Waals surface area (Å²) in [6.07, 6.45) is 0.889. The highest BCUT2D eigenvalue weighted by Crippen LogP contribution is 2.43. The van der Waals surface area contributed by atoms with Gasteiger partial charge in [-0.1, -0.05) is 33.3 Å². The molecule has 1 heterocycles. The number of carbonyl (C=O) groups is 1. The van der Waals surface area contributed by atoms with Crippen molar-refractivity contribution in [2.75, 3.05) is 5.32 Å². The van der Waals surface area contributed by atoms with Gasteiger partial charge in [0.05, 0.1) is 17.3 Å². The number of nitrogens with zero attached hydrogens (tertiary/aromatic N) is 1. The second kappa shape index (κ2) is 9.50. The Morgan fingerprint density at radius 1 is 1.21 bits per heavy atom. The Kier molecular flexibility index (Phi) is 7.24. The first kappa shape index (κ1) is 25.9. The minimum absolute atomic E-state index is 0.119. The highest BCUT2D eigenvalue weighted by atomic mass is 19.4. The molecule has 1 amide bonds. The molecule has 0 spiro atoms. The number of amides is 1. The molecule has 1 saturated carbocycles. The molecular formula is C25H32F4N4O. The lowest BCUT2D eigenvalue weighted by atomic mass is 9.66. The van der Waals surface area contributed by atoms with Crippen molar-refractivity contribution >= 4 is 23.6 Å². The third kappa shape index (κ3) is 5.33. The van der Waals surface area contributed by atoms with Crippen molar-refractivity contribution in [3.8, 4) is 0 Å². The number of benzene rings is 1. The van der Waals surface area contributed by atoms with Crippen LogP contribution in [0, 0.1) is 28.5 Å². The van der Waals surface area contributed by atoms with E-state index < -0.39 is 29.4 Å². The quantitative estimate of drug-likeness (QED) is 0.243. The van der Waals surface area contributed by atoms with Crippen molar-refractivity contribution in [2.24, 2.45) is 22.2 Å². The number of alkyl halides is 3. The van der Waals surface area contributed by atoms with Crippen molar-refractivity contribution in [1.29, 1.82) is 5.41 Å². The van der Waals surface area contributed by atoms with E-state index in [0.717, 1.165) is 31.6 Å². The number of halogens is 4. The van der Waals surface area contributed by atoms with Crippen LogP contribution in [0.15, 0.2) is 35.0 Å². The average molecular weight is 481 g/mol. The zero-order valence-corrected chi connectivity index (χ0v) is 19.9. The Labute approximate surface area is 197 Å². The summed E-state index contributed by atoms with van der Waals surface area (Å²) < 4.78 is 53.3. The van der Waals surface area contributed by atoms with E-state index in [1.165, 1.54) is 18.2 Å². The summed E-state index contributed by atoms with van der Waals surface area (Å²) in [4.78, 5) is 16.2. The van der Waals surface area contributed by atoms with Crippen LogP contribution < -0.4 is 10.6 Å². The molecule has 34 heavy (non-hydrogen) atoms. The highest BCUT2D eigenvalue weighted by Gasteiger charge is 2.41. The van der Waals surface area contributed by atoms with Crippen LogP contribution in [0.4, 0.5) is 23.2 Å². The standard InChI is InChI=1S/C25H32F4N4O/c1-5-24(4,33-22(30)23(2,3)15-7-6-8-15)18-13-17(10-11-19(18)26)32-21(34)20-12-9-16(14-31-20)25(27,28)29/h10-16H,5-9H2,1-4H3,(H2,30,33)(H,32,34)/t16?,24-/m0/s1. The molecule has 0 aromatic heterocycles. The van der Waals surface area contributed by atoms with E-state index in [4.69, 9.17) is 5.41 Å². The molecule has 2 atom stereocenters. The SMILES string of the molecule is CC[C@](C)(NC(=N)C(C)(C)C1CCC1)c1cc(NC(=O)C2=CCC(C(F)(F)F)C=N2)ccc1F. The fraction of sp³-hybridized carbons (Fsp3) is 0.560. The Hall–Kier alpha value is -2.71. The topological polar surface area (TPSA) is 77.3 Å². The molecular weight excluding hydrogens is 448 g/mol. The smallest absolute Gasteiger partial charge is 0.364 e. The molecule has 1 aliphatic heterocycles. The number of amidine groups is 1. The molecule has 5 nitrogen and oxygen atoms in total. The first-order valence-corrected chi connectivity index (χ1v) is 11.6. The zero-order valence-electron chi connectivity index (χ0n) is 19.9. The van der Waals surface area contributed by atoms with Gasteiger partial charge in [0.25, 0.3) is 5.91 Å². The molecule has 1 aliphatic carbocycles. The maximum Gasteiger partial charge on any atom is 0.396 e. The van der Waals surface area contributed by atoms with Gasteiger partial charge in [-0.05, 0) is 56.7 Å². The summed E-state index contributed by atoms with van der Waals surface area (Å²) in [7, 11) is 0. The van der Waals surface area contributed by atoms with Gasteiger partial charge in [-0.2, -0.15) is 13.2 Å². The summed E-state index contributed by atoms with van der Waals surface area (Å²) in [6.45, 7) is 7.75. The van der Waals surface area contributed by atoms with Gasteiger partial charge in [0.2, 0.25) is 0 Å². The molecule has 9 heteroatoms. The van der Waals surface area contributed by atoms with Crippen molar-refractivity contribution in [2.45, 2.75) is 71.5 Å². The molecule has 1 aromatic rings. The molecule has 1 unspecified atom stereocenters. The van der Waals surface area contributed by atoms with E-state index in [2.05, 4.69) is 15.6 Å². The minimum atomic E-state index is -4.41. The molecule has 3 N–H and O–H groups in total. The summed E-state index contributed by atoms with van der Waals surface area (Å²) in [5.74, 6) is -2.11. The van der Waals surface area contributed by atoms with Gasteiger partial charge < -0.3 is 10.6 Å². The molecule has 0 radical (unpaired) electrons. The van der Waals surface area contributed by atoms with Gasteiger partial charge in [0.1, 0.15) is 11.5 Å². The number of allylic oxidation sites excluding steroid dienone is 1. The number of hydrogen-bond donors (Lipinski definition) is 3. The Morgan fingerprint density at radius 3 is 2.38 bits per heavy atom. The Morgan fingerprint density at radius 2 is 1.88 bits per heavy atom. The summed E-state index contributed by atoms with van der Waals surface area (Å²) in [5, 5.41) is 14.5. The van der Waals surface area contributed by atoms with Crippen LogP contribution in [0.25, 0.3) is 0 Å². The molecule has 2 aliphatic rings. The van der Waals surface area contributed by atoms with E-state index in [1.54, 1.807) is 0 Å². The molecule has 0 saturated heterocycles. The fourth-order valence-corrected chi connectivity index (χ4v) is 4.23. The number of hydrogen-bond acceptors (Lipinski definition) is 3. The third-order valence-electron chi connectivity index (χ3n) is 7.31. The van der Waals surface area contributed by atoms with Crippen LogP contribution in [0.5, 0.6) is 0 Å². The van der Waals surface area contributed by atoms with Crippen LogP contribution in [0.3, 0.4) is 0 Å². The van der Waals surface area contributed by atoms with Gasteiger partial charge in [0, 0.05) is 22.9 Å². The van der Waals surface area contributed by atoms with Crippen LogP contribution in [0.2, 0.25) is 0 Å². The highest BCUT2D eigenvalue weighted by molar-refractivity contribution is 6.04. The van der Waals surface area contributed by atoms with E-state index in [0.29, 0.717) is 29.4 Å². The first-order valence-electron chi connectivity index (χ1n) is 11.6. The maximum atomic E-state index is 14.9. The Balaban J connectivity index is 1.77. The van der Waals surface area contributed by atoms with Gasteiger partial charge in [0.15, 0.2) is 0 Å². The van der Waals surface area contributed by atoms with Gasteiger partial charge in [-0.3, -0.25) is 15.2 Å². The summed E-state index contributed by atoms with van der Waals surface area (Å²) in [5.41, 5.74) is -0.796. The van der Waals surface area contributed by atoms with Crippen LogP contribution >= 0.6 is 0 Å². The van der Waals surface area contributed by atoms with Crippen molar-refractivity contribution < 1.29 is 22.4 Å². The van der Waals surface area contributed by atoms with Crippen LogP contribution in [-0.4, -0.2) is 24.1 Å². The second-order valence-corrected chi connectivity index (χ2v) is 9.94. The van der Waals surface area contributed by atoms with Crippen molar-refractivity contribution in [3.63, 3.8) is 0 Å². The van der Waals surface area contributed by atoms with Crippen molar-refractivity contribution in [1.82, 2.24) is 5.32 Å². The molecule has 1 fully saturated rings. The van der Waals surface area contributed by atoms with E-state index in [9.17, 15) is 22.4 Å². The first-order chi connectivity index (χ1) is 15.8. The van der Waals surface area contributed by atoms with E-state index >= 15 is 0 Å². The third-order valence-corrected chi connectivity index (χ3v) is 7.31. The predicted molar refractivity (Wildman–Crippen MR) is 125 cm³/mol. The number of carbonyl (C=O) groups excluding carboxylic acids is 1.